The number of hydrogen-bond acceptors (Lipinski definition) is 3. The fourth-order valence-electron chi connectivity index (χ4n) is 2.96. The maximum Gasteiger partial charge on any atom is 0.220 e. The summed E-state index contributed by atoms with van der Waals surface area (Å²) in [4.78, 5) is 24.3. The van der Waals surface area contributed by atoms with Crippen LogP contribution in [0.3, 0.4) is 0 Å². The molecular weight excluding hydrogens is 276 g/mol. The minimum absolute atomic E-state index is 0.0160. The minimum atomic E-state index is -0.0160. The molecule has 1 saturated heterocycles. The van der Waals surface area contributed by atoms with Gasteiger partial charge in [-0.1, -0.05) is 17.7 Å². The third-order valence-corrected chi connectivity index (χ3v) is 4.26. The zero-order valence-electron chi connectivity index (χ0n) is 13.7. The molecule has 2 N–H and O–H groups in total. The standard InChI is InChI=1S/C18H26N2O2/c1-12-4-5-13(2)16(10-12)17(21)6-7-18(22)20-15-8-9-19-14(3)11-15/h4-5,10,14-15,19H,6-9,11H2,1-3H3,(H,20,22). The minimum Gasteiger partial charge on any atom is -0.353 e. The van der Waals surface area contributed by atoms with E-state index in [4.69, 9.17) is 0 Å². The first-order valence-electron chi connectivity index (χ1n) is 8.09. The highest BCUT2D eigenvalue weighted by molar-refractivity contribution is 5.99. The number of nitrogens with one attached hydrogen (secondary N) is 2. The Hall–Kier alpha value is -1.68. The van der Waals surface area contributed by atoms with Gasteiger partial charge in [0, 0.05) is 30.5 Å². The van der Waals surface area contributed by atoms with E-state index < -0.39 is 0 Å². The molecule has 4 nitrogen and oxygen atoms in total. The molecule has 1 heterocycles. The quantitative estimate of drug-likeness (QED) is 0.822. The maximum absolute atomic E-state index is 12.3. The van der Waals surface area contributed by atoms with E-state index in [1.165, 1.54) is 0 Å². The number of aryl methyl sites for hydroxylation is 2. The van der Waals surface area contributed by atoms with Crippen molar-refractivity contribution in [1.82, 2.24) is 10.6 Å². The summed E-state index contributed by atoms with van der Waals surface area (Å²) >= 11 is 0. The van der Waals surface area contributed by atoms with Crippen molar-refractivity contribution in [1.29, 1.82) is 0 Å². The van der Waals surface area contributed by atoms with E-state index in [2.05, 4.69) is 17.6 Å². The number of benzene rings is 1. The number of hydrogen-bond donors (Lipinski definition) is 2. The van der Waals surface area contributed by atoms with Crippen molar-refractivity contribution in [3.8, 4) is 0 Å². The second-order valence-corrected chi connectivity index (χ2v) is 6.39. The summed E-state index contributed by atoms with van der Waals surface area (Å²) in [7, 11) is 0. The van der Waals surface area contributed by atoms with Gasteiger partial charge in [-0.05, 0) is 51.8 Å². The molecule has 4 heteroatoms. The number of carbonyl (C=O) groups excluding carboxylic acids is 2. The van der Waals surface area contributed by atoms with Gasteiger partial charge in [-0.2, -0.15) is 0 Å². The molecule has 120 valence electrons. The van der Waals surface area contributed by atoms with Crippen molar-refractivity contribution in [3.05, 3.63) is 34.9 Å². The van der Waals surface area contributed by atoms with Gasteiger partial charge in [0.15, 0.2) is 5.78 Å². The normalized spacial score (nSPS) is 21.4. The SMILES string of the molecule is Cc1ccc(C)c(C(=O)CCC(=O)NC2CCNC(C)C2)c1. The molecule has 0 radical (unpaired) electrons. The predicted octanol–water partition coefficient (Wildman–Crippen LogP) is 2.52. The number of amides is 1. The Labute approximate surface area is 132 Å². The Kier molecular flexibility index (Phi) is 5.72. The fourth-order valence-corrected chi connectivity index (χ4v) is 2.96. The molecule has 0 aromatic heterocycles. The van der Waals surface area contributed by atoms with E-state index in [-0.39, 0.29) is 30.6 Å². The van der Waals surface area contributed by atoms with Crippen LogP contribution < -0.4 is 10.6 Å². The third-order valence-electron chi connectivity index (χ3n) is 4.26. The molecular formula is C18H26N2O2. The summed E-state index contributed by atoms with van der Waals surface area (Å²) in [5.74, 6) is 0.0350. The monoisotopic (exact) mass is 302 g/mol. The van der Waals surface area contributed by atoms with E-state index in [9.17, 15) is 9.59 Å². The summed E-state index contributed by atoms with van der Waals surface area (Å²) in [5.41, 5.74) is 2.79. The Morgan fingerprint density at radius 1 is 1.27 bits per heavy atom. The lowest BCUT2D eigenvalue weighted by Crippen LogP contribution is -2.46. The summed E-state index contributed by atoms with van der Waals surface area (Å²) < 4.78 is 0. The molecule has 22 heavy (non-hydrogen) atoms. The molecule has 1 fully saturated rings. The van der Waals surface area contributed by atoms with Crippen LogP contribution in [0, 0.1) is 13.8 Å². The molecule has 0 bridgehead atoms. The van der Waals surface area contributed by atoms with Crippen LogP contribution in [-0.4, -0.2) is 30.3 Å². The lowest BCUT2D eigenvalue weighted by atomic mass is 9.98. The van der Waals surface area contributed by atoms with Gasteiger partial charge >= 0.3 is 0 Å². The molecule has 1 aliphatic heterocycles. The van der Waals surface area contributed by atoms with E-state index in [1.54, 1.807) is 0 Å². The van der Waals surface area contributed by atoms with Crippen molar-refractivity contribution < 1.29 is 9.59 Å². The summed E-state index contributed by atoms with van der Waals surface area (Å²) in [6, 6.07) is 6.54. The van der Waals surface area contributed by atoms with Gasteiger partial charge in [0.2, 0.25) is 5.91 Å². The Morgan fingerprint density at radius 2 is 2.05 bits per heavy atom. The van der Waals surface area contributed by atoms with Crippen molar-refractivity contribution in [2.75, 3.05) is 6.54 Å². The van der Waals surface area contributed by atoms with Crippen LogP contribution in [0.2, 0.25) is 0 Å². The van der Waals surface area contributed by atoms with Crippen LogP contribution in [0.25, 0.3) is 0 Å². The van der Waals surface area contributed by atoms with Crippen LogP contribution in [0.15, 0.2) is 18.2 Å². The van der Waals surface area contributed by atoms with Crippen LogP contribution in [-0.2, 0) is 4.79 Å². The van der Waals surface area contributed by atoms with E-state index in [0.717, 1.165) is 36.1 Å². The van der Waals surface area contributed by atoms with Gasteiger partial charge < -0.3 is 10.6 Å². The number of Topliss-reactive ketones (excluding diaryl/α,β-unsaturated/α-hetero) is 1. The smallest absolute Gasteiger partial charge is 0.220 e. The molecule has 2 rings (SSSR count). The zero-order chi connectivity index (χ0) is 16.1. The van der Waals surface area contributed by atoms with Gasteiger partial charge in [-0.15, -0.1) is 0 Å². The lowest BCUT2D eigenvalue weighted by Gasteiger charge is -2.28. The summed E-state index contributed by atoms with van der Waals surface area (Å²) in [6.45, 7) is 6.97. The van der Waals surface area contributed by atoms with Crippen molar-refractivity contribution >= 4 is 11.7 Å². The lowest BCUT2D eigenvalue weighted by molar-refractivity contribution is -0.122. The Bertz CT molecular complexity index is 554. The highest BCUT2D eigenvalue weighted by Crippen LogP contribution is 2.14. The number of rotatable bonds is 5. The Balaban J connectivity index is 1.83. The largest absolute Gasteiger partial charge is 0.353 e. The highest BCUT2D eigenvalue weighted by Gasteiger charge is 2.20. The molecule has 1 amide bonds. The maximum atomic E-state index is 12.3. The van der Waals surface area contributed by atoms with E-state index in [1.807, 2.05) is 32.0 Å². The van der Waals surface area contributed by atoms with Gasteiger partial charge in [0.25, 0.3) is 0 Å². The van der Waals surface area contributed by atoms with Crippen molar-refractivity contribution in [2.45, 2.75) is 58.5 Å². The summed E-state index contributed by atoms with van der Waals surface area (Å²) in [6.07, 6.45) is 2.46. The third kappa shape index (κ3) is 4.67. The summed E-state index contributed by atoms with van der Waals surface area (Å²) in [5, 5.41) is 6.41. The first-order chi connectivity index (χ1) is 10.5. The molecule has 2 unspecified atom stereocenters. The average molecular weight is 302 g/mol. The second-order valence-electron chi connectivity index (χ2n) is 6.39. The van der Waals surface area contributed by atoms with Gasteiger partial charge in [0.05, 0.1) is 0 Å². The average Bonchev–Trinajstić information content (AvgIpc) is 2.47. The van der Waals surface area contributed by atoms with Crippen LogP contribution in [0.4, 0.5) is 0 Å². The van der Waals surface area contributed by atoms with Gasteiger partial charge in [0.1, 0.15) is 0 Å². The molecule has 0 saturated carbocycles. The van der Waals surface area contributed by atoms with Gasteiger partial charge in [-0.3, -0.25) is 9.59 Å². The topological polar surface area (TPSA) is 58.2 Å². The highest BCUT2D eigenvalue weighted by atomic mass is 16.2. The number of carbonyl (C=O) groups is 2. The molecule has 0 aliphatic carbocycles. The predicted molar refractivity (Wildman–Crippen MR) is 88.1 cm³/mol. The van der Waals surface area contributed by atoms with Crippen LogP contribution in [0.1, 0.15) is 54.1 Å². The number of piperidine rings is 1. The zero-order valence-corrected chi connectivity index (χ0v) is 13.7. The fraction of sp³-hybridized carbons (Fsp3) is 0.556. The van der Waals surface area contributed by atoms with Crippen LogP contribution >= 0.6 is 0 Å². The number of ketones is 1. The first-order valence-corrected chi connectivity index (χ1v) is 8.09. The molecule has 1 aromatic rings. The Morgan fingerprint density at radius 3 is 2.77 bits per heavy atom. The molecule has 1 aromatic carbocycles. The van der Waals surface area contributed by atoms with Crippen LogP contribution in [0.5, 0.6) is 0 Å². The molecule has 2 atom stereocenters. The van der Waals surface area contributed by atoms with Crippen molar-refractivity contribution in [2.24, 2.45) is 0 Å². The van der Waals surface area contributed by atoms with E-state index in [0.29, 0.717) is 6.04 Å². The van der Waals surface area contributed by atoms with E-state index >= 15 is 0 Å². The van der Waals surface area contributed by atoms with Crippen molar-refractivity contribution in [3.63, 3.8) is 0 Å². The first kappa shape index (κ1) is 16.7. The molecule has 1 aliphatic rings. The second kappa shape index (κ2) is 7.54. The molecule has 0 spiro atoms. The van der Waals surface area contributed by atoms with Gasteiger partial charge in [-0.25, -0.2) is 0 Å².